The molecule has 0 aliphatic heterocycles. The van der Waals surface area contributed by atoms with Crippen molar-refractivity contribution in [3.8, 4) is 17.6 Å². The number of nitrogens with zero attached hydrogens (tertiary/aromatic N) is 3. The Labute approximate surface area is 221 Å². The summed E-state index contributed by atoms with van der Waals surface area (Å²) >= 11 is 6.51. The van der Waals surface area contributed by atoms with Crippen LogP contribution in [0.4, 0.5) is 0 Å². The van der Waals surface area contributed by atoms with Crippen LogP contribution in [0.3, 0.4) is 0 Å². The Hall–Kier alpha value is -3.23. The Kier molecular flexibility index (Phi) is 9.10. The summed E-state index contributed by atoms with van der Waals surface area (Å²) in [5.41, 5.74) is 2.06. The second-order valence-corrected chi connectivity index (χ2v) is 11.0. The van der Waals surface area contributed by atoms with Gasteiger partial charge in [0.2, 0.25) is 15.0 Å². The molecule has 2 aromatic carbocycles. The smallest absolute Gasteiger partial charge is 0.247 e. The Balaban J connectivity index is 1.77. The summed E-state index contributed by atoms with van der Waals surface area (Å²) in [6, 6.07) is 14.8. The molecule has 0 atom stereocenters. The van der Waals surface area contributed by atoms with Gasteiger partial charge in [-0.05, 0) is 41.5 Å². The topological polar surface area (TPSA) is 121 Å². The van der Waals surface area contributed by atoms with Crippen LogP contribution in [0.25, 0.3) is 0 Å². The third-order valence-electron chi connectivity index (χ3n) is 5.76. The molecule has 0 radical (unpaired) electrons. The number of hydrogen-bond acceptors (Lipinski definition) is 9. The fourth-order valence-corrected chi connectivity index (χ4v) is 4.30. The summed E-state index contributed by atoms with van der Waals surface area (Å²) in [4.78, 5) is 7.81. The van der Waals surface area contributed by atoms with Crippen molar-refractivity contribution in [1.29, 1.82) is 5.26 Å². The van der Waals surface area contributed by atoms with Crippen LogP contribution in [-0.2, 0) is 31.3 Å². The molecule has 0 unspecified atom stereocenters. The van der Waals surface area contributed by atoms with E-state index in [1.165, 1.54) is 20.4 Å². The summed E-state index contributed by atoms with van der Waals surface area (Å²) < 4.78 is 45.1. The Morgan fingerprint density at radius 2 is 1.73 bits per heavy atom. The molecule has 0 saturated carbocycles. The van der Waals surface area contributed by atoms with Crippen LogP contribution in [-0.4, -0.2) is 51.8 Å². The van der Waals surface area contributed by atoms with Gasteiger partial charge in [-0.15, -0.1) is 0 Å². The highest BCUT2D eigenvalue weighted by Crippen LogP contribution is 2.38. The van der Waals surface area contributed by atoms with Gasteiger partial charge >= 0.3 is 0 Å². The molecule has 9 nitrogen and oxygen atoms in total. The molecule has 37 heavy (non-hydrogen) atoms. The van der Waals surface area contributed by atoms with Crippen molar-refractivity contribution in [2.24, 2.45) is 0 Å². The Morgan fingerprint density at radius 1 is 1.05 bits per heavy atom. The first-order valence-corrected chi connectivity index (χ1v) is 13.4. The van der Waals surface area contributed by atoms with Crippen molar-refractivity contribution in [2.45, 2.75) is 37.3 Å². The minimum Gasteiger partial charge on any atom is -0.487 e. The zero-order valence-electron chi connectivity index (χ0n) is 21.2. The largest absolute Gasteiger partial charge is 0.487 e. The third kappa shape index (κ3) is 6.96. The van der Waals surface area contributed by atoms with E-state index in [1.807, 2.05) is 38.1 Å². The highest BCUT2D eigenvalue weighted by atomic mass is 35.5. The highest BCUT2D eigenvalue weighted by Gasteiger charge is 2.26. The Morgan fingerprint density at radius 3 is 2.32 bits per heavy atom. The van der Waals surface area contributed by atoms with E-state index in [-0.39, 0.29) is 24.1 Å². The molecule has 0 N–H and O–H groups in total. The number of nitriles is 1. The number of rotatable bonds is 11. The lowest BCUT2D eigenvalue weighted by atomic mass is 9.77. The first kappa shape index (κ1) is 28.3. The normalized spacial score (nSPS) is 11.8. The lowest BCUT2D eigenvalue weighted by Gasteiger charge is -2.27. The molecular formula is C26H28ClN3O6S. The summed E-state index contributed by atoms with van der Waals surface area (Å²) in [6.45, 7) is 4.21. The average molecular weight is 546 g/mol. The van der Waals surface area contributed by atoms with Gasteiger partial charge in [0.1, 0.15) is 25.0 Å². The summed E-state index contributed by atoms with van der Waals surface area (Å²) in [5, 5.41) is 9.79. The average Bonchev–Trinajstić information content (AvgIpc) is 2.88. The molecule has 0 aliphatic rings. The van der Waals surface area contributed by atoms with Gasteiger partial charge in [-0.1, -0.05) is 37.6 Å². The van der Waals surface area contributed by atoms with E-state index >= 15 is 0 Å². The fourth-order valence-electron chi connectivity index (χ4n) is 3.49. The lowest BCUT2D eigenvalue weighted by Crippen LogP contribution is -2.23. The van der Waals surface area contributed by atoms with E-state index in [4.69, 9.17) is 30.5 Å². The third-order valence-corrected chi connectivity index (χ3v) is 6.90. The van der Waals surface area contributed by atoms with Crippen LogP contribution in [0.15, 0.2) is 53.8 Å². The number of hydrogen-bond donors (Lipinski definition) is 0. The van der Waals surface area contributed by atoms with E-state index in [9.17, 15) is 13.7 Å². The molecule has 0 fully saturated rings. The summed E-state index contributed by atoms with van der Waals surface area (Å²) in [5.74, 6) is 0.861. The molecule has 0 amide bonds. The van der Waals surface area contributed by atoms with Gasteiger partial charge in [0, 0.05) is 32.1 Å². The van der Waals surface area contributed by atoms with Gasteiger partial charge < -0.3 is 18.9 Å². The Bertz CT molecular complexity index is 1380. The quantitative estimate of drug-likeness (QED) is 0.256. The number of aromatic nitrogens is 2. The van der Waals surface area contributed by atoms with Gasteiger partial charge in [-0.3, -0.25) is 0 Å². The minimum atomic E-state index is -3.50. The molecule has 0 aliphatic carbocycles. The zero-order chi connectivity index (χ0) is 27.2. The lowest BCUT2D eigenvalue weighted by molar-refractivity contribution is -0.121. The van der Waals surface area contributed by atoms with Crippen molar-refractivity contribution in [2.75, 3.05) is 27.1 Å². The molecule has 1 heterocycles. The minimum absolute atomic E-state index is 0.0795. The second kappa shape index (κ2) is 11.9. The SMILES string of the molecule is COC(COc1c(Cl)cc(C(C)(C)c2ccc(OCc3ccnc(S(C)(=O)=O)n3)cc2)cc1C#N)OC. The molecular weight excluding hydrogens is 518 g/mol. The molecule has 0 spiro atoms. The van der Waals surface area contributed by atoms with Gasteiger partial charge in [-0.25, -0.2) is 18.4 Å². The number of ether oxygens (including phenoxy) is 4. The van der Waals surface area contributed by atoms with Crippen LogP contribution in [0.5, 0.6) is 11.5 Å². The number of halogens is 1. The van der Waals surface area contributed by atoms with Crippen LogP contribution >= 0.6 is 11.6 Å². The predicted molar refractivity (Wildman–Crippen MR) is 138 cm³/mol. The van der Waals surface area contributed by atoms with E-state index in [0.717, 1.165) is 17.4 Å². The summed E-state index contributed by atoms with van der Waals surface area (Å²) in [7, 11) is -0.509. The maximum absolute atomic E-state index is 11.7. The predicted octanol–water partition coefficient (Wildman–Crippen LogP) is 4.31. The van der Waals surface area contributed by atoms with E-state index in [1.54, 1.807) is 18.2 Å². The highest BCUT2D eigenvalue weighted by molar-refractivity contribution is 7.90. The number of sulfone groups is 1. The first-order chi connectivity index (χ1) is 17.5. The van der Waals surface area contributed by atoms with Crippen molar-refractivity contribution < 1.29 is 27.4 Å². The second-order valence-electron chi connectivity index (χ2n) is 8.70. The van der Waals surface area contributed by atoms with Crippen molar-refractivity contribution in [3.05, 3.63) is 76.1 Å². The molecule has 1 aromatic heterocycles. The fraction of sp³-hybridized carbons (Fsp3) is 0.346. The van der Waals surface area contributed by atoms with E-state index in [2.05, 4.69) is 16.0 Å². The van der Waals surface area contributed by atoms with Gasteiger partial charge in [0.15, 0.2) is 12.0 Å². The molecule has 11 heteroatoms. The van der Waals surface area contributed by atoms with Crippen LogP contribution in [0, 0.1) is 11.3 Å². The number of methoxy groups -OCH3 is 2. The van der Waals surface area contributed by atoms with Crippen molar-refractivity contribution in [1.82, 2.24) is 9.97 Å². The van der Waals surface area contributed by atoms with Gasteiger partial charge in [-0.2, -0.15) is 5.26 Å². The molecule has 196 valence electrons. The summed E-state index contributed by atoms with van der Waals surface area (Å²) in [6.07, 6.45) is 1.85. The number of benzene rings is 2. The molecule has 3 aromatic rings. The van der Waals surface area contributed by atoms with Crippen LogP contribution < -0.4 is 9.47 Å². The first-order valence-electron chi connectivity index (χ1n) is 11.2. The standard InChI is InChI=1S/C26H28ClN3O6S/c1-26(2,19-12-17(14-28)24(22(27)13-19)36-16-23(33-3)34-4)18-6-8-21(9-7-18)35-15-20-10-11-29-25(30-20)37(5,31)32/h6-13,23H,15-16H2,1-5H3. The van der Waals surface area contributed by atoms with Crippen molar-refractivity contribution in [3.63, 3.8) is 0 Å². The van der Waals surface area contributed by atoms with E-state index in [0.29, 0.717) is 22.0 Å². The van der Waals surface area contributed by atoms with Gasteiger partial charge in [0.05, 0.1) is 16.3 Å². The van der Waals surface area contributed by atoms with E-state index < -0.39 is 21.5 Å². The van der Waals surface area contributed by atoms with Crippen molar-refractivity contribution >= 4 is 21.4 Å². The van der Waals surface area contributed by atoms with Gasteiger partial charge in [0.25, 0.3) is 0 Å². The monoisotopic (exact) mass is 545 g/mol. The maximum atomic E-state index is 11.7. The molecule has 3 rings (SSSR count). The van der Waals surface area contributed by atoms with Crippen LogP contribution in [0.1, 0.15) is 36.2 Å². The molecule has 0 saturated heterocycles. The molecule has 0 bridgehead atoms. The van der Waals surface area contributed by atoms with Crippen LogP contribution in [0.2, 0.25) is 5.02 Å². The zero-order valence-corrected chi connectivity index (χ0v) is 22.8. The maximum Gasteiger partial charge on any atom is 0.247 e.